The van der Waals surface area contributed by atoms with Crippen molar-refractivity contribution in [2.75, 3.05) is 6.61 Å². The van der Waals surface area contributed by atoms with Gasteiger partial charge in [0.25, 0.3) is 0 Å². The number of hydrogen-bond acceptors (Lipinski definition) is 5. The standard InChI is InChI=1S/C12H15BClINO5P/c1-12(14)10(17)9(20-11(12)13)7-19-22(18,16-15)21-8-5-3-2-4-6-8/h2-6,9-11,17H,7H2,1H3,(H,16,18)/t9-,10-,11-,12-,22?/m1/s1. The normalized spacial score (nSPS) is 34.3. The van der Waals surface area contributed by atoms with E-state index in [9.17, 15) is 9.67 Å². The maximum atomic E-state index is 12.5. The van der Waals surface area contributed by atoms with E-state index in [0.717, 1.165) is 0 Å². The Kier molecular flexibility index (Phi) is 6.21. The van der Waals surface area contributed by atoms with Gasteiger partial charge in [-0.25, -0.2) is 4.57 Å². The van der Waals surface area contributed by atoms with E-state index in [4.69, 9.17) is 33.2 Å². The van der Waals surface area contributed by atoms with Gasteiger partial charge in [0, 0.05) is 28.9 Å². The van der Waals surface area contributed by atoms with Crippen molar-refractivity contribution in [3.05, 3.63) is 30.3 Å². The van der Waals surface area contributed by atoms with Crippen molar-refractivity contribution in [1.82, 2.24) is 3.30 Å². The van der Waals surface area contributed by atoms with Gasteiger partial charge in [0.1, 0.15) is 25.8 Å². The van der Waals surface area contributed by atoms with Crippen molar-refractivity contribution in [2.24, 2.45) is 0 Å². The molecule has 1 saturated heterocycles. The minimum Gasteiger partial charge on any atom is -0.413 e. The second-order valence-corrected chi connectivity index (χ2v) is 8.84. The van der Waals surface area contributed by atoms with Gasteiger partial charge in [-0.15, -0.1) is 11.6 Å². The van der Waals surface area contributed by atoms with Crippen LogP contribution < -0.4 is 7.82 Å². The van der Waals surface area contributed by atoms with Crippen molar-refractivity contribution >= 4 is 50.1 Å². The highest BCUT2D eigenvalue weighted by Crippen LogP contribution is 2.46. The monoisotopic (exact) mass is 457 g/mol. The molecule has 5 atom stereocenters. The van der Waals surface area contributed by atoms with Crippen molar-refractivity contribution in [3.8, 4) is 5.75 Å². The fourth-order valence-corrected chi connectivity index (χ4v) is 3.70. The predicted octanol–water partition coefficient (Wildman–Crippen LogP) is 2.38. The SMILES string of the molecule is [B][C@@H]1O[C@H](COP(=O)(NI)Oc2ccccc2)[C@@H](O)[C@@]1(C)Cl. The fraction of sp³-hybridized carbons (Fsp3) is 0.500. The zero-order valence-electron chi connectivity index (χ0n) is 11.7. The average Bonchev–Trinajstić information content (AvgIpc) is 2.69. The number of rotatable bonds is 6. The number of aliphatic hydroxyl groups is 1. The lowest BCUT2D eigenvalue weighted by atomic mass is 9.85. The van der Waals surface area contributed by atoms with Gasteiger partial charge in [0.15, 0.2) is 0 Å². The summed E-state index contributed by atoms with van der Waals surface area (Å²) < 4.78 is 30.9. The van der Waals surface area contributed by atoms with Gasteiger partial charge in [-0.3, -0.25) is 4.52 Å². The summed E-state index contributed by atoms with van der Waals surface area (Å²) >= 11 is 7.78. The zero-order chi connectivity index (χ0) is 16.4. The highest BCUT2D eigenvalue weighted by Gasteiger charge is 2.50. The summed E-state index contributed by atoms with van der Waals surface area (Å²) in [6.45, 7) is 1.39. The number of nitrogens with one attached hydrogen (secondary N) is 1. The molecule has 1 fully saturated rings. The molecule has 1 unspecified atom stereocenters. The lowest BCUT2D eigenvalue weighted by molar-refractivity contribution is -0.0000201. The lowest BCUT2D eigenvalue weighted by Gasteiger charge is -2.24. The second kappa shape index (κ2) is 7.38. The van der Waals surface area contributed by atoms with Crippen LogP contribution in [0.25, 0.3) is 0 Å². The van der Waals surface area contributed by atoms with Gasteiger partial charge in [-0.2, -0.15) is 3.30 Å². The van der Waals surface area contributed by atoms with E-state index in [1.54, 1.807) is 54.1 Å². The summed E-state index contributed by atoms with van der Waals surface area (Å²) in [6, 6.07) is 7.75. The molecule has 2 rings (SSSR count). The fourth-order valence-electron chi connectivity index (χ4n) is 1.92. The van der Waals surface area contributed by atoms with Crippen LogP contribution in [0.2, 0.25) is 0 Å². The first-order valence-corrected chi connectivity index (χ1v) is 9.43. The van der Waals surface area contributed by atoms with Gasteiger partial charge in [0.2, 0.25) is 0 Å². The molecular weight excluding hydrogens is 442 g/mol. The molecule has 0 aromatic heterocycles. The maximum Gasteiger partial charge on any atom is 0.467 e. The van der Waals surface area contributed by atoms with E-state index >= 15 is 0 Å². The third-order valence-corrected chi connectivity index (χ3v) is 6.65. The molecule has 1 aromatic rings. The third-order valence-electron chi connectivity index (χ3n) is 3.29. The van der Waals surface area contributed by atoms with E-state index in [-0.39, 0.29) is 6.61 Å². The molecule has 2 N–H and O–H groups in total. The molecule has 0 aliphatic carbocycles. The Balaban J connectivity index is 1.98. The van der Waals surface area contributed by atoms with Gasteiger partial charge >= 0.3 is 7.75 Å². The Morgan fingerprint density at radius 1 is 1.55 bits per heavy atom. The third kappa shape index (κ3) is 4.17. The number of para-hydroxylation sites is 1. The van der Waals surface area contributed by atoms with Crippen LogP contribution in [0.15, 0.2) is 30.3 Å². The van der Waals surface area contributed by atoms with Crippen molar-refractivity contribution in [2.45, 2.75) is 30.0 Å². The number of aliphatic hydroxyl groups excluding tert-OH is 1. The molecule has 6 nitrogen and oxygen atoms in total. The van der Waals surface area contributed by atoms with Crippen LogP contribution in [0.3, 0.4) is 0 Å². The van der Waals surface area contributed by atoms with E-state index < -0.39 is 30.8 Å². The van der Waals surface area contributed by atoms with Crippen molar-refractivity contribution in [3.63, 3.8) is 0 Å². The number of hydrogen-bond donors (Lipinski definition) is 2. The Labute approximate surface area is 149 Å². The first-order chi connectivity index (χ1) is 10.3. The Morgan fingerprint density at radius 2 is 2.18 bits per heavy atom. The molecule has 0 spiro atoms. The van der Waals surface area contributed by atoms with Gasteiger partial charge in [-0.1, -0.05) is 18.2 Å². The minimum absolute atomic E-state index is 0.183. The maximum absolute atomic E-state index is 12.5. The summed E-state index contributed by atoms with van der Waals surface area (Å²) in [4.78, 5) is -1.13. The van der Waals surface area contributed by atoms with Gasteiger partial charge in [0.05, 0.1) is 11.5 Å². The van der Waals surface area contributed by atoms with Crippen LogP contribution >= 0.6 is 42.2 Å². The van der Waals surface area contributed by atoms with Gasteiger partial charge in [-0.05, 0) is 19.1 Å². The molecule has 2 radical (unpaired) electrons. The molecule has 0 amide bonds. The molecule has 0 bridgehead atoms. The molecule has 120 valence electrons. The largest absolute Gasteiger partial charge is 0.467 e. The van der Waals surface area contributed by atoms with Crippen LogP contribution in [-0.4, -0.2) is 42.6 Å². The highest BCUT2D eigenvalue weighted by atomic mass is 127. The first kappa shape index (κ1) is 18.5. The lowest BCUT2D eigenvalue weighted by Crippen LogP contribution is -2.41. The number of halogens is 2. The first-order valence-electron chi connectivity index (χ1n) is 6.43. The molecule has 10 heteroatoms. The molecule has 1 aromatic carbocycles. The Bertz CT molecular complexity index is 552. The molecule has 1 aliphatic rings. The van der Waals surface area contributed by atoms with Crippen molar-refractivity contribution < 1.29 is 23.5 Å². The van der Waals surface area contributed by atoms with E-state index in [1.807, 2.05) is 6.07 Å². The number of ether oxygens (including phenoxy) is 1. The molecule has 22 heavy (non-hydrogen) atoms. The summed E-state index contributed by atoms with van der Waals surface area (Å²) in [6.07, 6.45) is -1.85. The summed E-state index contributed by atoms with van der Waals surface area (Å²) in [5, 5.41) is 10.1. The summed E-state index contributed by atoms with van der Waals surface area (Å²) in [5.74, 6) is 0.391. The zero-order valence-corrected chi connectivity index (χ0v) is 15.5. The molecule has 1 heterocycles. The Morgan fingerprint density at radius 3 is 2.68 bits per heavy atom. The topological polar surface area (TPSA) is 77.0 Å². The van der Waals surface area contributed by atoms with Crippen LogP contribution in [0.4, 0.5) is 0 Å². The molecular formula is C12H15BClINO5P. The van der Waals surface area contributed by atoms with E-state index in [2.05, 4.69) is 3.30 Å². The minimum atomic E-state index is -3.60. The summed E-state index contributed by atoms with van der Waals surface area (Å²) in [7, 11) is 2.10. The predicted molar refractivity (Wildman–Crippen MR) is 92.5 cm³/mol. The Hall–Kier alpha value is 0.175. The van der Waals surface area contributed by atoms with Crippen LogP contribution in [0, 0.1) is 0 Å². The second-order valence-electron chi connectivity index (χ2n) is 4.97. The number of benzene rings is 1. The molecule has 1 aliphatic heterocycles. The van der Waals surface area contributed by atoms with Crippen LogP contribution in [0.1, 0.15) is 6.92 Å². The van der Waals surface area contributed by atoms with Crippen molar-refractivity contribution in [1.29, 1.82) is 0 Å². The van der Waals surface area contributed by atoms with E-state index in [1.165, 1.54) is 0 Å². The highest BCUT2D eigenvalue weighted by molar-refractivity contribution is 14.1. The summed E-state index contributed by atoms with van der Waals surface area (Å²) in [5.41, 5.74) is 0. The van der Waals surface area contributed by atoms with Crippen LogP contribution in [-0.2, 0) is 13.8 Å². The number of alkyl halides is 1. The molecule has 0 saturated carbocycles. The van der Waals surface area contributed by atoms with Crippen LogP contribution in [0.5, 0.6) is 5.75 Å². The average molecular weight is 457 g/mol. The quantitative estimate of drug-likeness (QED) is 0.225. The smallest absolute Gasteiger partial charge is 0.413 e. The van der Waals surface area contributed by atoms with Gasteiger partial charge < -0.3 is 14.4 Å². The van der Waals surface area contributed by atoms with E-state index in [0.29, 0.717) is 5.75 Å².